The van der Waals surface area contributed by atoms with E-state index in [1.807, 2.05) is 12.4 Å². The van der Waals surface area contributed by atoms with Crippen molar-refractivity contribution in [2.75, 3.05) is 11.9 Å². The van der Waals surface area contributed by atoms with Gasteiger partial charge in [-0.1, -0.05) is 20.8 Å². The Morgan fingerprint density at radius 2 is 2.00 bits per heavy atom. The van der Waals surface area contributed by atoms with Gasteiger partial charge in [0.2, 0.25) is 0 Å². The van der Waals surface area contributed by atoms with Crippen LogP contribution in [0.4, 0.5) is 5.69 Å². The summed E-state index contributed by atoms with van der Waals surface area (Å²) in [5.74, 6) is 0. The number of hydrogen-bond donors (Lipinski definition) is 1. The predicted octanol–water partition coefficient (Wildman–Crippen LogP) is 3.24. The van der Waals surface area contributed by atoms with Crippen molar-refractivity contribution in [1.29, 1.82) is 0 Å². The molecular weight excluding hydrogens is 172 g/mol. The summed E-state index contributed by atoms with van der Waals surface area (Å²) in [6.45, 7) is 9.83. The van der Waals surface area contributed by atoms with E-state index < -0.39 is 0 Å². The fourth-order valence-electron chi connectivity index (χ4n) is 1.23. The summed E-state index contributed by atoms with van der Waals surface area (Å²) in [5.41, 5.74) is 2.71. The first-order valence-corrected chi connectivity index (χ1v) is 5.13. The van der Waals surface area contributed by atoms with E-state index in [0.717, 1.165) is 12.2 Å². The van der Waals surface area contributed by atoms with Gasteiger partial charge < -0.3 is 5.32 Å². The van der Waals surface area contributed by atoms with E-state index in [-0.39, 0.29) is 0 Å². The van der Waals surface area contributed by atoms with Crippen LogP contribution in [-0.4, -0.2) is 11.5 Å². The molecule has 0 bridgehead atoms. The number of nitrogens with zero attached hydrogens (tertiary/aromatic N) is 1. The quantitative estimate of drug-likeness (QED) is 0.795. The Bertz CT molecular complexity index is 287. The minimum atomic E-state index is 0.393. The third-order valence-electron chi connectivity index (χ3n) is 2.08. The van der Waals surface area contributed by atoms with E-state index in [2.05, 4.69) is 44.1 Å². The van der Waals surface area contributed by atoms with Crippen LogP contribution in [0.1, 0.15) is 32.8 Å². The highest BCUT2D eigenvalue weighted by molar-refractivity contribution is 5.42. The minimum Gasteiger partial charge on any atom is -0.384 e. The molecule has 78 valence electrons. The van der Waals surface area contributed by atoms with Gasteiger partial charge in [-0.25, -0.2) is 0 Å². The topological polar surface area (TPSA) is 24.9 Å². The summed E-state index contributed by atoms with van der Waals surface area (Å²) < 4.78 is 0. The molecule has 1 aromatic heterocycles. The minimum absolute atomic E-state index is 0.393. The second-order valence-electron chi connectivity index (χ2n) is 4.99. The molecule has 0 spiro atoms. The summed E-state index contributed by atoms with van der Waals surface area (Å²) in [6, 6.07) is 2.12. The molecule has 0 saturated heterocycles. The Labute approximate surface area is 86.8 Å². The maximum absolute atomic E-state index is 4.14. The summed E-state index contributed by atoms with van der Waals surface area (Å²) in [4.78, 5) is 4.14. The molecule has 2 nitrogen and oxygen atoms in total. The first-order chi connectivity index (χ1) is 6.47. The monoisotopic (exact) mass is 192 g/mol. The predicted molar refractivity (Wildman–Crippen MR) is 61.5 cm³/mol. The van der Waals surface area contributed by atoms with Crippen LogP contribution >= 0.6 is 0 Å². The average Bonchev–Trinajstić information content (AvgIpc) is 2.01. The molecule has 1 rings (SSSR count). The third-order valence-corrected chi connectivity index (χ3v) is 2.08. The SMILES string of the molecule is Cc1cncc(NCCC(C)(C)C)c1. The molecule has 14 heavy (non-hydrogen) atoms. The molecule has 1 N–H and O–H groups in total. The molecule has 0 aliphatic rings. The first-order valence-electron chi connectivity index (χ1n) is 5.13. The van der Waals surface area contributed by atoms with Crippen molar-refractivity contribution in [2.45, 2.75) is 34.1 Å². The number of aryl methyl sites for hydroxylation is 1. The van der Waals surface area contributed by atoms with Crippen LogP contribution in [0, 0.1) is 12.3 Å². The Kier molecular flexibility index (Phi) is 3.50. The number of nitrogens with one attached hydrogen (secondary N) is 1. The summed E-state index contributed by atoms with van der Waals surface area (Å²) in [6.07, 6.45) is 4.91. The van der Waals surface area contributed by atoms with Gasteiger partial charge in [0.1, 0.15) is 0 Å². The molecule has 0 fully saturated rings. The highest BCUT2D eigenvalue weighted by atomic mass is 14.9. The molecule has 0 aliphatic carbocycles. The molecule has 0 aromatic carbocycles. The van der Waals surface area contributed by atoms with Gasteiger partial charge in [-0.2, -0.15) is 0 Å². The fraction of sp³-hybridized carbons (Fsp3) is 0.583. The van der Waals surface area contributed by atoms with Gasteiger partial charge in [0.05, 0.1) is 5.69 Å². The van der Waals surface area contributed by atoms with Crippen molar-refractivity contribution in [1.82, 2.24) is 4.98 Å². The van der Waals surface area contributed by atoms with Crippen molar-refractivity contribution < 1.29 is 0 Å². The number of aromatic nitrogens is 1. The zero-order valence-electron chi connectivity index (χ0n) is 9.59. The Hall–Kier alpha value is -1.05. The Morgan fingerprint density at radius 1 is 1.29 bits per heavy atom. The van der Waals surface area contributed by atoms with E-state index in [0.29, 0.717) is 5.41 Å². The van der Waals surface area contributed by atoms with Crippen LogP contribution in [0.5, 0.6) is 0 Å². The first kappa shape index (κ1) is 11.0. The number of rotatable bonds is 3. The highest BCUT2D eigenvalue weighted by Gasteiger charge is 2.08. The van der Waals surface area contributed by atoms with E-state index >= 15 is 0 Å². The van der Waals surface area contributed by atoms with Crippen LogP contribution in [0.15, 0.2) is 18.5 Å². The normalized spacial score (nSPS) is 11.4. The molecule has 0 atom stereocenters. The van der Waals surface area contributed by atoms with Crippen LogP contribution in [-0.2, 0) is 0 Å². The lowest BCUT2D eigenvalue weighted by Crippen LogP contribution is -2.12. The molecule has 2 heteroatoms. The van der Waals surface area contributed by atoms with E-state index in [9.17, 15) is 0 Å². The maximum Gasteiger partial charge on any atom is 0.0529 e. The lowest BCUT2D eigenvalue weighted by molar-refractivity contribution is 0.390. The molecule has 0 aliphatic heterocycles. The van der Waals surface area contributed by atoms with Gasteiger partial charge in [0, 0.05) is 18.9 Å². The Balaban J connectivity index is 2.39. The molecule has 1 heterocycles. The lowest BCUT2D eigenvalue weighted by atomic mass is 9.92. The van der Waals surface area contributed by atoms with Crippen molar-refractivity contribution in [2.24, 2.45) is 5.41 Å². The standard InChI is InChI=1S/C12H20N2/c1-10-7-11(9-13-8-10)14-6-5-12(2,3)4/h7-9,14H,5-6H2,1-4H3. The highest BCUT2D eigenvalue weighted by Crippen LogP contribution is 2.18. The van der Waals surface area contributed by atoms with Gasteiger partial charge in [-0.3, -0.25) is 4.98 Å². The molecule has 0 amide bonds. The molecular formula is C12H20N2. The smallest absolute Gasteiger partial charge is 0.0529 e. The van der Waals surface area contributed by atoms with Gasteiger partial charge in [0.25, 0.3) is 0 Å². The average molecular weight is 192 g/mol. The fourth-order valence-corrected chi connectivity index (χ4v) is 1.23. The summed E-state index contributed by atoms with van der Waals surface area (Å²) >= 11 is 0. The van der Waals surface area contributed by atoms with Crippen LogP contribution < -0.4 is 5.32 Å². The number of hydrogen-bond acceptors (Lipinski definition) is 2. The second-order valence-corrected chi connectivity index (χ2v) is 4.99. The van der Waals surface area contributed by atoms with Crippen molar-refractivity contribution in [3.63, 3.8) is 0 Å². The number of anilines is 1. The largest absolute Gasteiger partial charge is 0.384 e. The zero-order chi connectivity index (χ0) is 10.6. The second kappa shape index (κ2) is 4.45. The van der Waals surface area contributed by atoms with Crippen LogP contribution in [0.2, 0.25) is 0 Å². The van der Waals surface area contributed by atoms with E-state index in [4.69, 9.17) is 0 Å². The van der Waals surface area contributed by atoms with Gasteiger partial charge in [0.15, 0.2) is 0 Å². The molecule has 1 aromatic rings. The molecule has 0 unspecified atom stereocenters. The zero-order valence-corrected chi connectivity index (χ0v) is 9.59. The molecule has 0 saturated carbocycles. The summed E-state index contributed by atoms with van der Waals surface area (Å²) in [7, 11) is 0. The lowest BCUT2D eigenvalue weighted by Gasteiger charge is -2.18. The van der Waals surface area contributed by atoms with Crippen molar-refractivity contribution in [3.8, 4) is 0 Å². The molecule has 0 radical (unpaired) electrons. The number of pyridine rings is 1. The van der Waals surface area contributed by atoms with Crippen LogP contribution in [0.25, 0.3) is 0 Å². The van der Waals surface area contributed by atoms with Gasteiger partial charge in [-0.05, 0) is 30.4 Å². The Morgan fingerprint density at radius 3 is 2.57 bits per heavy atom. The van der Waals surface area contributed by atoms with Crippen molar-refractivity contribution in [3.05, 3.63) is 24.0 Å². The third kappa shape index (κ3) is 4.26. The van der Waals surface area contributed by atoms with Crippen molar-refractivity contribution >= 4 is 5.69 Å². The van der Waals surface area contributed by atoms with E-state index in [1.165, 1.54) is 12.0 Å². The van der Waals surface area contributed by atoms with Gasteiger partial charge >= 0.3 is 0 Å². The summed E-state index contributed by atoms with van der Waals surface area (Å²) in [5, 5.41) is 3.38. The maximum atomic E-state index is 4.14. The van der Waals surface area contributed by atoms with Gasteiger partial charge in [-0.15, -0.1) is 0 Å². The van der Waals surface area contributed by atoms with E-state index in [1.54, 1.807) is 0 Å². The van der Waals surface area contributed by atoms with Crippen LogP contribution in [0.3, 0.4) is 0 Å².